The van der Waals surface area contributed by atoms with Gasteiger partial charge in [0.05, 0.1) is 5.69 Å². The molecule has 2 heterocycles. The quantitative estimate of drug-likeness (QED) is 0.567. The second kappa shape index (κ2) is 8.21. The van der Waals surface area contributed by atoms with Gasteiger partial charge in [-0.25, -0.2) is 36.6 Å². The van der Waals surface area contributed by atoms with E-state index in [1.54, 1.807) is 17.7 Å². The van der Waals surface area contributed by atoms with Gasteiger partial charge in [0, 0.05) is 24.8 Å². The lowest BCUT2D eigenvalue weighted by atomic mass is 10.3. The smallest absolute Gasteiger partial charge is 0.243 e. The summed E-state index contributed by atoms with van der Waals surface area (Å²) < 4.78 is 55.2. The van der Waals surface area contributed by atoms with Crippen LogP contribution >= 0.6 is 0 Å². The van der Waals surface area contributed by atoms with E-state index in [9.17, 15) is 17.2 Å². The Kier molecular flexibility index (Phi) is 5.89. The molecule has 0 bridgehead atoms. The summed E-state index contributed by atoms with van der Waals surface area (Å²) in [5.74, 6) is -0.282. The van der Waals surface area contributed by atoms with Crippen LogP contribution in [-0.4, -0.2) is 41.3 Å². The summed E-state index contributed by atoms with van der Waals surface area (Å²) in [5, 5.41) is 7.37. The molecule has 8 nitrogen and oxygen atoms in total. The first-order valence-electron chi connectivity index (χ1n) is 8.73. The summed E-state index contributed by atoms with van der Waals surface area (Å²) in [7, 11) is -4.18. The van der Waals surface area contributed by atoms with Gasteiger partial charge >= 0.3 is 0 Å². The third kappa shape index (κ3) is 4.93. The molecular formula is C18H20F2N6O2S. The standard InChI is InChI=1S/C18H20F2N6O2S/c1-11-8-12(2)26(25-11)18-10-17(23-13(3)24-18)21-6-7-22-29(27,28)16-9-14(19)4-5-15(16)20/h4-5,8-10,22H,6-7H2,1-3H3,(H,21,23,24). The maximum absolute atomic E-state index is 13.7. The zero-order valence-corrected chi connectivity index (χ0v) is 16.9. The topological polar surface area (TPSA) is 102 Å². The summed E-state index contributed by atoms with van der Waals surface area (Å²) in [4.78, 5) is 7.89. The average molecular weight is 422 g/mol. The van der Waals surface area contributed by atoms with Crippen molar-refractivity contribution in [3.8, 4) is 5.82 Å². The molecule has 0 saturated carbocycles. The minimum absolute atomic E-state index is 0.0590. The minimum atomic E-state index is -4.18. The monoisotopic (exact) mass is 422 g/mol. The van der Waals surface area contributed by atoms with E-state index < -0.39 is 26.6 Å². The molecule has 0 radical (unpaired) electrons. The van der Waals surface area contributed by atoms with Crippen molar-refractivity contribution in [2.75, 3.05) is 18.4 Å². The van der Waals surface area contributed by atoms with Gasteiger partial charge in [0.2, 0.25) is 10.0 Å². The zero-order chi connectivity index (χ0) is 21.2. The van der Waals surface area contributed by atoms with E-state index in [0.717, 1.165) is 23.5 Å². The predicted octanol–water partition coefficient (Wildman–Crippen LogP) is 2.26. The molecule has 2 N–H and O–H groups in total. The minimum Gasteiger partial charge on any atom is -0.369 e. The Morgan fingerprint density at radius 3 is 2.48 bits per heavy atom. The molecule has 11 heteroatoms. The number of aryl methyl sites for hydroxylation is 3. The number of halogens is 2. The summed E-state index contributed by atoms with van der Waals surface area (Å²) in [6.45, 7) is 5.63. The van der Waals surface area contributed by atoms with Gasteiger partial charge < -0.3 is 5.32 Å². The first-order chi connectivity index (χ1) is 13.7. The highest BCUT2D eigenvalue weighted by Crippen LogP contribution is 2.16. The van der Waals surface area contributed by atoms with E-state index in [1.165, 1.54) is 0 Å². The molecule has 0 spiro atoms. The first kappa shape index (κ1) is 20.8. The SMILES string of the molecule is Cc1cc(C)n(-c2cc(NCCNS(=O)(=O)c3cc(F)ccc3F)nc(C)n2)n1. The zero-order valence-electron chi connectivity index (χ0n) is 16.1. The molecule has 0 aliphatic heterocycles. The number of hydrogen-bond donors (Lipinski definition) is 2. The van der Waals surface area contributed by atoms with Crippen molar-refractivity contribution in [1.82, 2.24) is 24.5 Å². The predicted molar refractivity (Wildman–Crippen MR) is 103 cm³/mol. The number of hydrogen-bond acceptors (Lipinski definition) is 6. The van der Waals surface area contributed by atoms with Gasteiger partial charge in [0.25, 0.3) is 0 Å². The molecule has 0 unspecified atom stereocenters. The number of aromatic nitrogens is 4. The fourth-order valence-corrected chi connectivity index (χ4v) is 3.87. The number of anilines is 1. The Morgan fingerprint density at radius 1 is 1.03 bits per heavy atom. The van der Waals surface area contributed by atoms with Crippen LogP contribution in [0.1, 0.15) is 17.2 Å². The second-order valence-corrected chi connectivity index (χ2v) is 8.13. The highest BCUT2D eigenvalue weighted by molar-refractivity contribution is 7.89. The molecular weight excluding hydrogens is 402 g/mol. The van der Waals surface area contributed by atoms with Gasteiger partial charge in [0.15, 0.2) is 5.82 Å². The summed E-state index contributed by atoms with van der Waals surface area (Å²) in [6, 6.07) is 5.87. The highest BCUT2D eigenvalue weighted by Gasteiger charge is 2.19. The van der Waals surface area contributed by atoms with Crippen LogP contribution in [0.3, 0.4) is 0 Å². The van der Waals surface area contributed by atoms with Crippen molar-refractivity contribution in [3.05, 3.63) is 59.2 Å². The lowest BCUT2D eigenvalue weighted by Gasteiger charge is -2.11. The Morgan fingerprint density at radius 2 is 1.79 bits per heavy atom. The molecule has 0 saturated heterocycles. The van der Waals surface area contributed by atoms with Crippen LogP contribution in [0.5, 0.6) is 0 Å². The molecule has 0 atom stereocenters. The highest BCUT2D eigenvalue weighted by atomic mass is 32.2. The van der Waals surface area contributed by atoms with Crippen molar-refractivity contribution in [2.24, 2.45) is 0 Å². The van der Waals surface area contributed by atoms with Gasteiger partial charge in [0.1, 0.15) is 28.2 Å². The van der Waals surface area contributed by atoms with E-state index in [1.807, 2.05) is 19.9 Å². The van der Waals surface area contributed by atoms with Gasteiger partial charge in [-0.15, -0.1) is 0 Å². The molecule has 0 fully saturated rings. The molecule has 29 heavy (non-hydrogen) atoms. The van der Waals surface area contributed by atoms with Gasteiger partial charge in [-0.3, -0.25) is 0 Å². The number of benzene rings is 1. The summed E-state index contributed by atoms with van der Waals surface area (Å²) in [5.41, 5.74) is 1.77. The summed E-state index contributed by atoms with van der Waals surface area (Å²) >= 11 is 0. The number of sulfonamides is 1. The molecule has 1 aromatic carbocycles. The van der Waals surface area contributed by atoms with Crippen LogP contribution in [0.2, 0.25) is 0 Å². The van der Waals surface area contributed by atoms with Crippen LogP contribution in [0, 0.1) is 32.4 Å². The van der Waals surface area contributed by atoms with Gasteiger partial charge in [-0.2, -0.15) is 5.10 Å². The van der Waals surface area contributed by atoms with Crippen molar-refractivity contribution < 1.29 is 17.2 Å². The normalized spacial score (nSPS) is 11.6. The third-order valence-electron chi connectivity index (χ3n) is 3.96. The molecule has 0 aliphatic rings. The van der Waals surface area contributed by atoms with Gasteiger partial charge in [-0.05, 0) is 45.0 Å². The number of nitrogens with one attached hydrogen (secondary N) is 2. The van der Waals surface area contributed by atoms with Crippen molar-refractivity contribution in [1.29, 1.82) is 0 Å². The average Bonchev–Trinajstić information content (AvgIpc) is 2.98. The number of rotatable bonds is 7. The molecule has 154 valence electrons. The van der Waals surface area contributed by atoms with Crippen LogP contribution in [0.15, 0.2) is 35.2 Å². The molecule has 0 aliphatic carbocycles. The van der Waals surface area contributed by atoms with Crippen LogP contribution in [0.25, 0.3) is 5.82 Å². The van der Waals surface area contributed by atoms with Crippen LogP contribution < -0.4 is 10.0 Å². The number of nitrogens with zero attached hydrogens (tertiary/aromatic N) is 4. The lowest BCUT2D eigenvalue weighted by Crippen LogP contribution is -2.29. The fourth-order valence-electron chi connectivity index (χ4n) is 2.75. The van der Waals surface area contributed by atoms with Crippen molar-refractivity contribution in [3.63, 3.8) is 0 Å². The maximum atomic E-state index is 13.7. The second-order valence-electron chi connectivity index (χ2n) is 6.40. The van der Waals surface area contributed by atoms with E-state index in [0.29, 0.717) is 23.5 Å². The Balaban J connectivity index is 1.66. The molecule has 0 amide bonds. The molecule has 3 rings (SSSR count). The van der Waals surface area contributed by atoms with E-state index >= 15 is 0 Å². The van der Waals surface area contributed by atoms with E-state index in [-0.39, 0.29) is 13.1 Å². The lowest BCUT2D eigenvalue weighted by molar-refractivity contribution is 0.546. The summed E-state index contributed by atoms with van der Waals surface area (Å²) in [6.07, 6.45) is 0. The van der Waals surface area contributed by atoms with Crippen LogP contribution in [0.4, 0.5) is 14.6 Å². The Labute approximate surface area is 167 Å². The third-order valence-corrected chi connectivity index (χ3v) is 5.43. The van der Waals surface area contributed by atoms with Crippen molar-refractivity contribution >= 4 is 15.8 Å². The maximum Gasteiger partial charge on any atom is 0.243 e. The molecule has 2 aromatic heterocycles. The largest absolute Gasteiger partial charge is 0.369 e. The van der Waals surface area contributed by atoms with E-state index in [4.69, 9.17) is 0 Å². The Hall–Kier alpha value is -2.92. The van der Waals surface area contributed by atoms with Crippen molar-refractivity contribution in [2.45, 2.75) is 25.7 Å². The van der Waals surface area contributed by atoms with Gasteiger partial charge in [-0.1, -0.05) is 0 Å². The van der Waals surface area contributed by atoms with E-state index in [2.05, 4.69) is 25.1 Å². The Bertz CT molecular complexity index is 1150. The van der Waals surface area contributed by atoms with Crippen LogP contribution in [-0.2, 0) is 10.0 Å². The molecule has 3 aromatic rings. The fraction of sp³-hybridized carbons (Fsp3) is 0.278. The first-order valence-corrected chi connectivity index (χ1v) is 10.2.